The summed E-state index contributed by atoms with van der Waals surface area (Å²) in [5.74, 6) is 0.495. The number of nitrogens with zero attached hydrogens (tertiary/aromatic N) is 2. The lowest BCUT2D eigenvalue weighted by Crippen LogP contribution is -2.43. The standard InChI is InChI=1S/C17H17FN2O3/c1-11-8-14(19-23-11)22-9-15(21)20-10-17(6-3-7-17)16-12(18)4-2-5-13(16)20/h2,4-5,8H,3,6-7,9-10H2,1H3. The lowest BCUT2D eigenvalue weighted by Gasteiger charge is -2.39. The fraction of sp³-hybridized carbons (Fsp3) is 0.412. The lowest BCUT2D eigenvalue weighted by molar-refractivity contribution is -0.120. The Morgan fingerprint density at radius 1 is 1.48 bits per heavy atom. The van der Waals surface area contributed by atoms with E-state index in [4.69, 9.17) is 9.26 Å². The number of aromatic nitrogens is 1. The number of aryl methyl sites for hydroxylation is 1. The molecule has 0 N–H and O–H groups in total. The molecule has 23 heavy (non-hydrogen) atoms. The molecular formula is C17H17FN2O3. The topological polar surface area (TPSA) is 55.6 Å². The lowest BCUT2D eigenvalue weighted by atomic mass is 9.65. The highest BCUT2D eigenvalue weighted by atomic mass is 19.1. The van der Waals surface area contributed by atoms with Crippen molar-refractivity contribution in [1.29, 1.82) is 0 Å². The number of hydrogen-bond acceptors (Lipinski definition) is 4. The van der Waals surface area contributed by atoms with E-state index in [1.807, 2.05) is 6.07 Å². The van der Waals surface area contributed by atoms with Crippen molar-refractivity contribution in [3.05, 3.63) is 41.4 Å². The Morgan fingerprint density at radius 3 is 2.96 bits per heavy atom. The largest absolute Gasteiger partial charge is 0.465 e. The number of hydrogen-bond donors (Lipinski definition) is 0. The normalized spacial score (nSPS) is 17.9. The zero-order valence-electron chi connectivity index (χ0n) is 12.8. The zero-order valence-corrected chi connectivity index (χ0v) is 12.8. The van der Waals surface area contributed by atoms with Gasteiger partial charge >= 0.3 is 0 Å². The Morgan fingerprint density at radius 2 is 2.30 bits per heavy atom. The Labute approximate surface area is 133 Å². The molecule has 2 heterocycles. The molecule has 1 aliphatic carbocycles. The molecule has 1 aromatic heterocycles. The minimum absolute atomic E-state index is 0.141. The fourth-order valence-corrected chi connectivity index (χ4v) is 3.59. The Balaban J connectivity index is 1.56. The van der Waals surface area contributed by atoms with Gasteiger partial charge in [0, 0.05) is 23.6 Å². The van der Waals surface area contributed by atoms with Crippen LogP contribution in [0.5, 0.6) is 5.88 Å². The molecule has 1 aliphatic heterocycles. The van der Waals surface area contributed by atoms with Gasteiger partial charge in [0.05, 0.1) is 5.69 Å². The SMILES string of the molecule is Cc1cc(OCC(=O)N2CC3(CCC3)c3c(F)cccc32)no1. The second-order valence-electron chi connectivity index (χ2n) is 6.31. The van der Waals surface area contributed by atoms with Crippen LogP contribution < -0.4 is 9.64 Å². The van der Waals surface area contributed by atoms with Gasteiger partial charge in [0.15, 0.2) is 6.61 Å². The summed E-state index contributed by atoms with van der Waals surface area (Å²) in [5.41, 5.74) is 1.16. The van der Waals surface area contributed by atoms with Crippen LogP contribution in [-0.2, 0) is 10.2 Å². The summed E-state index contributed by atoms with van der Waals surface area (Å²) in [5, 5.41) is 3.70. The van der Waals surface area contributed by atoms with Gasteiger partial charge in [-0.05, 0) is 37.1 Å². The number of carbonyl (C=O) groups is 1. The third kappa shape index (κ3) is 2.20. The first-order chi connectivity index (χ1) is 11.1. The molecule has 1 spiro atoms. The number of anilines is 1. The summed E-state index contributed by atoms with van der Waals surface area (Å²) < 4.78 is 24.6. The maximum atomic E-state index is 14.3. The van der Waals surface area contributed by atoms with E-state index in [9.17, 15) is 9.18 Å². The van der Waals surface area contributed by atoms with Gasteiger partial charge in [-0.15, -0.1) is 0 Å². The predicted molar refractivity (Wildman–Crippen MR) is 81.0 cm³/mol. The molecule has 0 radical (unpaired) electrons. The van der Waals surface area contributed by atoms with E-state index in [0.29, 0.717) is 23.6 Å². The molecule has 1 aromatic carbocycles. The van der Waals surface area contributed by atoms with Crippen LogP contribution in [-0.4, -0.2) is 24.2 Å². The van der Waals surface area contributed by atoms with Crippen molar-refractivity contribution < 1.29 is 18.4 Å². The highest BCUT2D eigenvalue weighted by Crippen LogP contribution is 2.53. The van der Waals surface area contributed by atoms with Crippen molar-refractivity contribution in [3.63, 3.8) is 0 Å². The van der Waals surface area contributed by atoms with Crippen LogP contribution in [0.4, 0.5) is 10.1 Å². The summed E-state index contributed by atoms with van der Waals surface area (Å²) in [6.07, 6.45) is 2.92. The summed E-state index contributed by atoms with van der Waals surface area (Å²) in [6.45, 7) is 2.14. The van der Waals surface area contributed by atoms with E-state index in [1.54, 1.807) is 24.0 Å². The molecule has 2 aliphatic rings. The van der Waals surface area contributed by atoms with Crippen molar-refractivity contribution in [3.8, 4) is 5.88 Å². The number of amides is 1. The summed E-state index contributed by atoms with van der Waals surface area (Å²) in [7, 11) is 0. The first-order valence-electron chi connectivity index (χ1n) is 7.75. The van der Waals surface area contributed by atoms with Crippen LogP contribution in [0, 0.1) is 12.7 Å². The molecular weight excluding hydrogens is 299 g/mol. The highest BCUT2D eigenvalue weighted by molar-refractivity contribution is 5.97. The second-order valence-corrected chi connectivity index (χ2v) is 6.31. The molecule has 0 unspecified atom stereocenters. The van der Waals surface area contributed by atoms with Crippen LogP contribution in [0.1, 0.15) is 30.6 Å². The number of carbonyl (C=O) groups excluding carboxylic acids is 1. The van der Waals surface area contributed by atoms with Crippen molar-refractivity contribution in [2.75, 3.05) is 18.1 Å². The van der Waals surface area contributed by atoms with E-state index in [2.05, 4.69) is 5.16 Å². The van der Waals surface area contributed by atoms with Gasteiger partial charge in [0.2, 0.25) is 0 Å². The highest BCUT2D eigenvalue weighted by Gasteiger charge is 2.50. The molecule has 1 amide bonds. The molecule has 0 atom stereocenters. The van der Waals surface area contributed by atoms with Crippen LogP contribution in [0.25, 0.3) is 0 Å². The fourth-order valence-electron chi connectivity index (χ4n) is 3.59. The Hall–Kier alpha value is -2.37. The minimum atomic E-state index is -0.217. The van der Waals surface area contributed by atoms with Crippen LogP contribution in [0.3, 0.4) is 0 Å². The van der Waals surface area contributed by atoms with Gasteiger partial charge in [0.1, 0.15) is 11.6 Å². The van der Waals surface area contributed by atoms with E-state index in [-0.39, 0.29) is 29.6 Å². The molecule has 1 fully saturated rings. The van der Waals surface area contributed by atoms with Crippen LogP contribution in [0.2, 0.25) is 0 Å². The van der Waals surface area contributed by atoms with Crippen LogP contribution >= 0.6 is 0 Å². The van der Waals surface area contributed by atoms with E-state index >= 15 is 0 Å². The molecule has 1 saturated carbocycles. The Bertz CT molecular complexity index is 767. The maximum absolute atomic E-state index is 14.3. The van der Waals surface area contributed by atoms with Gasteiger partial charge in [-0.1, -0.05) is 12.5 Å². The van der Waals surface area contributed by atoms with Gasteiger partial charge < -0.3 is 14.2 Å². The molecule has 120 valence electrons. The molecule has 6 heteroatoms. The number of rotatable bonds is 3. The maximum Gasteiger partial charge on any atom is 0.265 e. The second kappa shape index (κ2) is 5.08. The number of halogens is 1. The molecule has 4 rings (SSSR count). The molecule has 2 aromatic rings. The summed E-state index contributed by atoms with van der Waals surface area (Å²) in [6, 6.07) is 6.55. The van der Waals surface area contributed by atoms with Gasteiger partial charge in [-0.2, -0.15) is 0 Å². The first-order valence-corrected chi connectivity index (χ1v) is 7.75. The zero-order chi connectivity index (χ0) is 16.0. The minimum Gasteiger partial charge on any atom is -0.465 e. The van der Waals surface area contributed by atoms with Crippen molar-refractivity contribution in [1.82, 2.24) is 5.16 Å². The van der Waals surface area contributed by atoms with Crippen molar-refractivity contribution >= 4 is 11.6 Å². The molecule has 0 bridgehead atoms. The average Bonchev–Trinajstić information content (AvgIpc) is 3.06. The quantitative estimate of drug-likeness (QED) is 0.873. The smallest absolute Gasteiger partial charge is 0.265 e. The van der Waals surface area contributed by atoms with Crippen LogP contribution in [0.15, 0.2) is 28.8 Å². The van der Waals surface area contributed by atoms with E-state index in [1.165, 1.54) is 6.07 Å². The first kappa shape index (κ1) is 14.2. The van der Waals surface area contributed by atoms with Gasteiger partial charge in [-0.25, -0.2) is 4.39 Å². The predicted octanol–water partition coefficient (Wildman–Crippen LogP) is 2.97. The van der Waals surface area contributed by atoms with E-state index < -0.39 is 0 Å². The summed E-state index contributed by atoms with van der Waals surface area (Å²) >= 11 is 0. The third-order valence-corrected chi connectivity index (χ3v) is 4.84. The van der Waals surface area contributed by atoms with Crippen molar-refractivity contribution in [2.24, 2.45) is 0 Å². The van der Waals surface area contributed by atoms with Crippen molar-refractivity contribution in [2.45, 2.75) is 31.6 Å². The van der Waals surface area contributed by atoms with Gasteiger partial charge in [0.25, 0.3) is 11.8 Å². The summed E-state index contributed by atoms with van der Waals surface area (Å²) in [4.78, 5) is 14.2. The number of fused-ring (bicyclic) bond motifs is 2. The monoisotopic (exact) mass is 316 g/mol. The average molecular weight is 316 g/mol. The number of benzene rings is 1. The molecule has 0 saturated heterocycles. The molecule has 5 nitrogen and oxygen atoms in total. The van der Waals surface area contributed by atoms with E-state index in [0.717, 1.165) is 19.3 Å². The third-order valence-electron chi connectivity index (χ3n) is 4.84. The Kier molecular flexibility index (Phi) is 3.14. The number of ether oxygens (including phenoxy) is 1. The van der Waals surface area contributed by atoms with Gasteiger partial charge in [-0.3, -0.25) is 4.79 Å².